The van der Waals surface area contributed by atoms with Crippen LogP contribution in [0.5, 0.6) is 0 Å². The molecule has 27 heavy (non-hydrogen) atoms. The van der Waals surface area contributed by atoms with E-state index in [-0.39, 0.29) is 5.82 Å². The second-order valence-corrected chi connectivity index (χ2v) is 7.60. The van der Waals surface area contributed by atoms with Gasteiger partial charge in [0.15, 0.2) is 0 Å². The van der Waals surface area contributed by atoms with Crippen molar-refractivity contribution in [1.82, 2.24) is 9.47 Å². The fourth-order valence-electron chi connectivity index (χ4n) is 3.28. The minimum atomic E-state index is -0.119. The van der Waals surface area contributed by atoms with Crippen molar-refractivity contribution in [2.24, 2.45) is 5.92 Å². The Kier molecular flexibility index (Phi) is 6.83. The van der Waals surface area contributed by atoms with Gasteiger partial charge in [0.1, 0.15) is 5.82 Å². The molecule has 2 aromatic carbocycles. The molecule has 0 saturated carbocycles. The molecule has 3 aromatic rings. The summed E-state index contributed by atoms with van der Waals surface area (Å²) in [7, 11) is 0. The summed E-state index contributed by atoms with van der Waals surface area (Å²) < 4.78 is 16.5. The summed E-state index contributed by atoms with van der Waals surface area (Å²) in [4.78, 5) is 2.36. The lowest BCUT2D eigenvalue weighted by Crippen LogP contribution is -2.26. The minimum Gasteiger partial charge on any atom is -0.346 e. The minimum absolute atomic E-state index is 0.119. The summed E-state index contributed by atoms with van der Waals surface area (Å²) in [6, 6.07) is 21.9. The number of rotatable bonds is 9. The van der Waals surface area contributed by atoms with Crippen molar-refractivity contribution >= 4 is 0 Å². The predicted octanol–water partition coefficient (Wildman–Crippen LogP) is 5.72. The second kappa shape index (κ2) is 9.52. The molecule has 0 aliphatic rings. The smallest absolute Gasteiger partial charge is 0.127 e. The van der Waals surface area contributed by atoms with Crippen LogP contribution in [-0.2, 0) is 19.6 Å². The number of hydrogen-bond acceptors (Lipinski definition) is 1. The van der Waals surface area contributed by atoms with Gasteiger partial charge >= 0.3 is 0 Å². The second-order valence-electron chi connectivity index (χ2n) is 7.60. The molecule has 0 aliphatic heterocycles. The molecule has 0 spiro atoms. The third-order valence-electron chi connectivity index (χ3n) is 4.88. The summed E-state index contributed by atoms with van der Waals surface area (Å²) >= 11 is 0. The molecule has 0 fully saturated rings. The van der Waals surface area contributed by atoms with Crippen LogP contribution in [0.1, 0.15) is 37.1 Å². The maximum Gasteiger partial charge on any atom is 0.127 e. The van der Waals surface area contributed by atoms with E-state index in [0.717, 1.165) is 31.6 Å². The van der Waals surface area contributed by atoms with E-state index in [1.807, 2.05) is 18.2 Å². The summed E-state index contributed by atoms with van der Waals surface area (Å²) in [5.74, 6) is 0.510. The van der Waals surface area contributed by atoms with Crippen LogP contribution in [0, 0.1) is 11.7 Å². The van der Waals surface area contributed by atoms with Crippen LogP contribution in [-0.4, -0.2) is 16.0 Å². The Morgan fingerprint density at radius 1 is 0.889 bits per heavy atom. The van der Waals surface area contributed by atoms with Crippen molar-refractivity contribution in [2.45, 2.75) is 39.9 Å². The van der Waals surface area contributed by atoms with E-state index in [9.17, 15) is 4.39 Å². The lowest BCUT2D eigenvalue weighted by atomic mass is 10.1. The van der Waals surface area contributed by atoms with Gasteiger partial charge in [-0.2, -0.15) is 0 Å². The van der Waals surface area contributed by atoms with Crippen molar-refractivity contribution < 1.29 is 4.39 Å². The Labute approximate surface area is 162 Å². The molecule has 0 amide bonds. The van der Waals surface area contributed by atoms with Gasteiger partial charge in [-0.1, -0.05) is 62.4 Å². The van der Waals surface area contributed by atoms with Crippen molar-refractivity contribution in [1.29, 1.82) is 0 Å². The van der Waals surface area contributed by atoms with Gasteiger partial charge < -0.3 is 4.57 Å². The Morgan fingerprint density at radius 2 is 1.63 bits per heavy atom. The van der Waals surface area contributed by atoms with E-state index in [1.165, 1.54) is 11.3 Å². The van der Waals surface area contributed by atoms with E-state index in [2.05, 4.69) is 65.9 Å². The highest BCUT2D eigenvalue weighted by Crippen LogP contribution is 2.16. The first-order chi connectivity index (χ1) is 13.1. The van der Waals surface area contributed by atoms with Gasteiger partial charge in [0.2, 0.25) is 0 Å². The van der Waals surface area contributed by atoms with Gasteiger partial charge in [-0.05, 0) is 42.6 Å². The molecule has 3 rings (SSSR count). The number of hydrogen-bond donors (Lipinski definition) is 0. The lowest BCUT2D eigenvalue weighted by molar-refractivity contribution is 0.232. The van der Waals surface area contributed by atoms with Crippen LogP contribution in [0.25, 0.3) is 0 Å². The molecule has 1 aromatic heterocycles. The van der Waals surface area contributed by atoms with Crippen LogP contribution in [0.15, 0.2) is 72.9 Å². The van der Waals surface area contributed by atoms with Crippen LogP contribution >= 0.6 is 0 Å². The predicted molar refractivity (Wildman–Crippen MR) is 110 cm³/mol. The molecule has 0 bridgehead atoms. The molecule has 3 heteroatoms. The van der Waals surface area contributed by atoms with E-state index >= 15 is 0 Å². The molecule has 0 saturated heterocycles. The molecule has 0 radical (unpaired) electrons. The molecule has 142 valence electrons. The zero-order valence-corrected chi connectivity index (χ0v) is 16.3. The summed E-state index contributed by atoms with van der Waals surface area (Å²) in [6.45, 7) is 7.75. The van der Waals surface area contributed by atoms with Crippen molar-refractivity contribution in [3.05, 3.63) is 95.6 Å². The Bertz CT molecular complexity index is 823. The first kappa shape index (κ1) is 19.4. The third kappa shape index (κ3) is 5.80. The fraction of sp³-hybridized carbons (Fsp3) is 0.333. The standard InChI is InChI=1S/C24H29FN2/c1-20(2)14-16-26(18-22-11-6-7-13-24(22)25)19-23-12-8-15-27(23)17-21-9-4-3-5-10-21/h3-13,15,20H,14,16-19H2,1-2H3. The average Bonchev–Trinajstić information content (AvgIpc) is 3.09. The zero-order chi connectivity index (χ0) is 19.1. The van der Waals surface area contributed by atoms with Gasteiger partial charge in [0.05, 0.1) is 0 Å². The largest absolute Gasteiger partial charge is 0.346 e. The molecule has 1 heterocycles. The van der Waals surface area contributed by atoms with Crippen LogP contribution in [0.2, 0.25) is 0 Å². The molecular formula is C24H29FN2. The number of halogens is 1. The zero-order valence-electron chi connectivity index (χ0n) is 16.3. The van der Waals surface area contributed by atoms with Gasteiger partial charge in [-0.15, -0.1) is 0 Å². The normalized spacial score (nSPS) is 11.4. The monoisotopic (exact) mass is 364 g/mol. The Balaban J connectivity index is 1.74. The lowest BCUT2D eigenvalue weighted by Gasteiger charge is -2.24. The topological polar surface area (TPSA) is 8.17 Å². The van der Waals surface area contributed by atoms with E-state index in [1.54, 1.807) is 12.1 Å². The molecule has 0 unspecified atom stereocenters. The number of benzene rings is 2. The average molecular weight is 365 g/mol. The van der Waals surface area contributed by atoms with Crippen LogP contribution in [0.4, 0.5) is 4.39 Å². The molecule has 2 nitrogen and oxygen atoms in total. The van der Waals surface area contributed by atoms with Crippen LogP contribution < -0.4 is 0 Å². The highest BCUT2D eigenvalue weighted by molar-refractivity contribution is 5.19. The summed E-state index contributed by atoms with van der Waals surface area (Å²) in [5.41, 5.74) is 3.32. The summed E-state index contributed by atoms with van der Waals surface area (Å²) in [6.07, 6.45) is 3.24. The molecular weight excluding hydrogens is 335 g/mol. The van der Waals surface area contributed by atoms with E-state index in [0.29, 0.717) is 12.5 Å². The molecule has 0 N–H and O–H groups in total. The van der Waals surface area contributed by atoms with Crippen molar-refractivity contribution in [3.63, 3.8) is 0 Å². The first-order valence-electron chi connectivity index (χ1n) is 9.75. The van der Waals surface area contributed by atoms with Crippen LogP contribution in [0.3, 0.4) is 0 Å². The SMILES string of the molecule is CC(C)CCN(Cc1ccccc1F)Cc1cccn1Cc1ccccc1. The summed E-state index contributed by atoms with van der Waals surface area (Å²) in [5, 5.41) is 0. The number of nitrogens with zero attached hydrogens (tertiary/aromatic N) is 2. The van der Waals surface area contributed by atoms with Gasteiger partial charge in [-0.3, -0.25) is 4.90 Å². The first-order valence-corrected chi connectivity index (χ1v) is 9.75. The fourth-order valence-corrected chi connectivity index (χ4v) is 3.28. The van der Waals surface area contributed by atoms with Crippen molar-refractivity contribution in [3.8, 4) is 0 Å². The van der Waals surface area contributed by atoms with Gasteiger partial charge in [0, 0.05) is 37.1 Å². The number of aromatic nitrogens is 1. The highest BCUT2D eigenvalue weighted by atomic mass is 19.1. The quantitative estimate of drug-likeness (QED) is 0.471. The maximum atomic E-state index is 14.2. The van der Waals surface area contributed by atoms with E-state index < -0.39 is 0 Å². The Morgan fingerprint density at radius 3 is 2.37 bits per heavy atom. The van der Waals surface area contributed by atoms with Gasteiger partial charge in [-0.25, -0.2) is 4.39 Å². The third-order valence-corrected chi connectivity index (χ3v) is 4.88. The maximum absolute atomic E-state index is 14.2. The van der Waals surface area contributed by atoms with Gasteiger partial charge in [0.25, 0.3) is 0 Å². The highest BCUT2D eigenvalue weighted by Gasteiger charge is 2.13. The van der Waals surface area contributed by atoms with Crippen molar-refractivity contribution in [2.75, 3.05) is 6.54 Å². The molecule has 0 aliphatic carbocycles. The Hall–Kier alpha value is -2.39. The molecule has 0 atom stereocenters. The van der Waals surface area contributed by atoms with E-state index in [4.69, 9.17) is 0 Å².